The highest BCUT2D eigenvalue weighted by atomic mass is 32.1. The van der Waals surface area contributed by atoms with Gasteiger partial charge in [0.2, 0.25) is 5.91 Å². The fraction of sp³-hybridized carbons (Fsp3) is 0.381. The van der Waals surface area contributed by atoms with Crippen LogP contribution in [-0.2, 0) is 25.6 Å². The van der Waals surface area contributed by atoms with Crippen molar-refractivity contribution < 1.29 is 32.6 Å². The van der Waals surface area contributed by atoms with Gasteiger partial charge in [0.1, 0.15) is 17.0 Å². The second-order valence-corrected chi connectivity index (χ2v) is 7.74. The lowest BCUT2D eigenvalue weighted by atomic mass is 10.2. The number of morpholine rings is 1. The highest BCUT2D eigenvalue weighted by molar-refractivity contribution is 7.07. The number of thiazole rings is 1. The first-order valence-corrected chi connectivity index (χ1v) is 10.7. The fourth-order valence-corrected chi connectivity index (χ4v) is 4.05. The maximum atomic E-state index is 13.0. The Morgan fingerprint density at radius 2 is 1.91 bits per heavy atom. The Labute approximate surface area is 185 Å². The van der Waals surface area contributed by atoms with Gasteiger partial charge in [0.05, 0.1) is 30.4 Å². The summed E-state index contributed by atoms with van der Waals surface area (Å²) in [5.41, 5.74) is 0.124. The number of halogens is 2. The average Bonchev–Trinajstić information content (AvgIpc) is 3.04. The first kappa shape index (κ1) is 23.6. The second kappa shape index (κ2) is 11.0. The highest BCUT2D eigenvalue weighted by Gasteiger charge is 2.19. The topological polar surface area (TPSA) is 87.1 Å². The molecule has 11 heteroatoms. The van der Waals surface area contributed by atoms with Gasteiger partial charge in [-0.3, -0.25) is 14.2 Å². The molecule has 1 aromatic carbocycles. The standard InChI is InChI=1S/C21H22F2N2O6S/c1-2-30-19(27)12-18-25(13-17(26)24-7-9-29-10-8-24)20(28)16(32-18)11-14-3-5-15(6-4-14)31-21(22)23/h3-6,11-12,21H,2,7-10,13H2,1H3/b16-11-,18-12-. The van der Waals surface area contributed by atoms with E-state index < -0.39 is 18.1 Å². The van der Waals surface area contributed by atoms with Gasteiger partial charge >= 0.3 is 12.6 Å². The van der Waals surface area contributed by atoms with Crippen molar-refractivity contribution in [2.75, 3.05) is 32.9 Å². The van der Waals surface area contributed by atoms with Gasteiger partial charge in [0.15, 0.2) is 0 Å². The number of rotatable bonds is 7. The number of alkyl halides is 2. The van der Waals surface area contributed by atoms with Crippen LogP contribution in [0.25, 0.3) is 12.2 Å². The van der Waals surface area contributed by atoms with Crippen LogP contribution in [0.4, 0.5) is 8.78 Å². The summed E-state index contributed by atoms with van der Waals surface area (Å²) in [6.45, 7) is 0.391. The van der Waals surface area contributed by atoms with Gasteiger partial charge in [-0.2, -0.15) is 8.78 Å². The van der Waals surface area contributed by atoms with E-state index in [4.69, 9.17) is 9.47 Å². The van der Waals surface area contributed by atoms with Crippen molar-refractivity contribution in [3.05, 3.63) is 49.4 Å². The van der Waals surface area contributed by atoms with Crippen molar-refractivity contribution in [1.29, 1.82) is 0 Å². The molecule has 0 atom stereocenters. The van der Waals surface area contributed by atoms with E-state index in [2.05, 4.69) is 4.74 Å². The monoisotopic (exact) mass is 468 g/mol. The van der Waals surface area contributed by atoms with Crippen LogP contribution in [-0.4, -0.2) is 60.9 Å². The first-order valence-electron chi connectivity index (χ1n) is 9.87. The van der Waals surface area contributed by atoms with E-state index in [-0.39, 0.29) is 34.0 Å². The molecule has 1 aromatic heterocycles. The summed E-state index contributed by atoms with van der Waals surface area (Å²) in [7, 11) is 0. The molecule has 1 aliphatic heterocycles. The van der Waals surface area contributed by atoms with E-state index in [1.807, 2.05) is 0 Å². The molecule has 0 saturated carbocycles. The molecule has 1 saturated heterocycles. The summed E-state index contributed by atoms with van der Waals surface area (Å²) in [5.74, 6) is -0.888. The Kier molecular flexibility index (Phi) is 8.12. The normalized spacial score (nSPS) is 15.3. The molecule has 1 amide bonds. The summed E-state index contributed by atoms with van der Waals surface area (Å²) in [6.07, 6.45) is 2.73. The highest BCUT2D eigenvalue weighted by Crippen LogP contribution is 2.15. The molecule has 172 valence electrons. The average molecular weight is 468 g/mol. The zero-order valence-electron chi connectivity index (χ0n) is 17.3. The fourth-order valence-electron chi connectivity index (χ4n) is 3.02. The molecule has 2 heterocycles. The molecule has 0 N–H and O–H groups in total. The van der Waals surface area contributed by atoms with Crippen LogP contribution >= 0.6 is 11.3 Å². The van der Waals surface area contributed by atoms with Crippen molar-refractivity contribution in [3.8, 4) is 5.75 Å². The van der Waals surface area contributed by atoms with Crippen molar-refractivity contribution in [3.63, 3.8) is 0 Å². The lowest BCUT2D eigenvalue weighted by Crippen LogP contribution is -2.45. The Morgan fingerprint density at radius 1 is 1.22 bits per heavy atom. The summed E-state index contributed by atoms with van der Waals surface area (Å²) in [5, 5.41) is 0. The lowest BCUT2D eigenvalue weighted by Gasteiger charge is -2.26. The van der Waals surface area contributed by atoms with E-state index >= 15 is 0 Å². The van der Waals surface area contributed by atoms with Crippen LogP contribution in [0.5, 0.6) is 5.75 Å². The van der Waals surface area contributed by atoms with E-state index in [9.17, 15) is 23.2 Å². The molecule has 0 aliphatic carbocycles. The number of nitrogens with zero attached hydrogens (tertiary/aromatic N) is 2. The van der Waals surface area contributed by atoms with Crippen LogP contribution in [0.3, 0.4) is 0 Å². The smallest absolute Gasteiger partial charge is 0.387 e. The van der Waals surface area contributed by atoms with E-state index in [0.29, 0.717) is 31.9 Å². The van der Waals surface area contributed by atoms with Gasteiger partial charge in [0, 0.05) is 13.1 Å². The molecule has 32 heavy (non-hydrogen) atoms. The first-order chi connectivity index (χ1) is 15.4. The third-order valence-electron chi connectivity index (χ3n) is 4.52. The molecule has 3 rings (SSSR count). The minimum Gasteiger partial charge on any atom is -0.463 e. The second-order valence-electron chi connectivity index (χ2n) is 6.68. The van der Waals surface area contributed by atoms with Crippen LogP contribution in [0.15, 0.2) is 29.1 Å². The van der Waals surface area contributed by atoms with E-state index in [1.54, 1.807) is 17.9 Å². The Morgan fingerprint density at radius 3 is 2.53 bits per heavy atom. The van der Waals surface area contributed by atoms with Gasteiger partial charge in [-0.25, -0.2) is 4.79 Å². The molecule has 0 unspecified atom stereocenters. The van der Waals surface area contributed by atoms with Crippen molar-refractivity contribution in [2.24, 2.45) is 0 Å². The Bertz CT molecular complexity index is 1120. The number of amides is 1. The zero-order chi connectivity index (χ0) is 23.1. The Hall–Kier alpha value is -3.05. The van der Waals surface area contributed by atoms with Gasteiger partial charge in [-0.1, -0.05) is 12.1 Å². The molecular weight excluding hydrogens is 446 g/mol. The SMILES string of the molecule is CCOC(=O)/C=c1\s/c(=C\c2ccc(OC(F)F)cc2)c(=O)n1CC(=O)N1CCOCC1. The molecule has 0 bridgehead atoms. The molecule has 1 fully saturated rings. The number of hydrogen-bond donors (Lipinski definition) is 0. The lowest BCUT2D eigenvalue weighted by molar-refractivity contribution is -0.136. The van der Waals surface area contributed by atoms with Gasteiger partial charge < -0.3 is 19.1 Å². The predicted octanol–water partition coefficient (Wildman–Crippen LogP) is 0.542. The molecule has 0 spiro atoms. The summed E-state index contributed by atoms with van der Waals surface area (Å²) in [4.78, 5) is 39.3. The number of hydrogen-bond acceptors (Lipinski definition) is 7. The largest absolute Gasteiger partial charge is 0.463 e. The van der Waals surface area contributed by atoms with E-state index in [0.717, 1.165) is 11.3 Å². The zero-order valence-corrected chi connectivity index (χ0v) is 18.1. The number of carbonyl (C=O) groups excluding carboxylic acids is 2. The number of carbonyl (C=O) groups is 2. The van der Waals surface area contributed by atoms with Gasteiger partial charge in [-0.15, -0.1) is 11.3 Å². The minimum atomic E-state index is -2.93. The van der Waals surface area contributed by atoms with Gasteiger partial charge in [-0.05, 0) is 30.7 Å². The molecule has 8 nitrogen and oxygen atoms in total. The number of esters is 1. The van der Waals surface area contributed by atoms with Crippen LogP contribution < -0.4 is 19.5 Å². The molecule has 1 aliphatic rings. The minimum absolute atomic E-state index is 0.00631. The summed E-state index contributed by atoms with van der Waals surface area (Å²) < 4.78 is 40.9. The predicted molar refractivity (Wildman–Crippen MR) is 113 cm³/mol. The molecular formula is C21H22F2N2O6S. The van der Waals surface area contributed by atoms with Crippen LogP contribution in [0, 0.1) is 0 Å². The molecule has 2 aromatic rings. The quantitative estimate of drug-likeness (QED) is 0.552. The van der Waals surface area contributed by atoms with Crippen LogP contribution in [0.1, 0.15) is 12.5 Å². The molecule has 0 radical (unpaired) electrons. The number of ether oxygens (including phenoxy) is 3. The summed E-state index contributed by atoms with van der Waals surface area (Å²) in [6, 6.07) is 5.76. The number of benzene rings is 1. The Balaban J connectivity index is 1.96. The number of aromatic nitrogens is 1. The van der Waals surface area contributed by atoms with E-state index in [1.165, 1.54) is 34.9 Å². The van der Waals surface area contributed by atoms with Crippen molar-refractivity contribution >= 4 is 35.4 Å². The third kappa shape index (κ3) is 6.24. The van der Waals surface area contributed by atoms with Crippen molar-refractivity contribution in [1.82, 2.24) is 9.47 Å². The maximum absolute atomic E-state index is 13.0. The van der Waals surface area contributed by atoms with Crippen LogP contribution in [0.2, 0.25) is 0 Å². The maximum Gasteiger partial charge on any atom is 0.387 e. The van der Waals surface area contributed by atoms with Gasteiger partial charge in [0.25, 0.3) is 5.56 Å². The van der Waals surface area contributed by atoms with Crippen molar-refractivity contribution in [2.45, 2.75) is 20.1 Å². The third-order valence-corrected chi connectivity index (χ3v) is 5.58. The summed E-state index contributed by atoms with van der Waals surface area (Å²) >= 11 is 1.03.